The molecule has 10 heteroatoms. The largest absolute Gasteiger partial charge is 0.465 e. The number of rotatable bonds is 9. The minimum Gasteiger partial charge on any atom is -0.465 e. The van der Waals surface area contributed by atoms with Gasteiger partial charge in [0.15, 0.2) is 5.82 Å². The van der Waals surface area contributed by atoms with Gasteiger partial charge < -0.3 is 15.4 Å². The normalized spacial score (nSPS) is 18.1. The van der Waals surface area contributed by atoms with Gasteiger partial charge in [-0.2, -0.15) is 0 Å². The molecule has 4 rings (SSSR count). The summed E-state index contributed by atoms with van der Waals surface area (Å²) in [5, 5.41) is 7.40. The molecule has 0 bridgehead atoms. The number of esters is 1. The summed E-state index contributed by atoms with van der Waals surface area (Å²) in [5.41, 5.74) is 2.14. The Morgan fingerprint density at radius 3 is 2.79 bits per heavy atom. The number of halogens is 1. The van der Waals surface area contributed by atoms with E-state index in [4.69, 9.17) is 21.3 Å². The van der Waals surface area contributed by atoms with Crippen LogP contribution in [0.5, 0.6) is 0 Å². The molecule has 2 aromatic heterocycles. The van der Waals surface area contributed by atoms with Crippen LogP contribution in [0.4, 0.5) is 17.5 Å². The van der Waals surface area contributed by atoms with Crippen molar-refractivity contribution in [1.29, 1.82) is 0 Å². The zero-order chi connectivity index (χ0) is 23.9. The smallest absolute Gasteiger partial charge is 0.320 e. The van der Waals surface area contributed by atoms with Crippen molar-refractivity contribution in [3.8, 4) is 0 Å². The van der Waals surface area contributed by atoms with Gasteiger partial charge in [0.2, 0.25) is 5.95 Å². The van der Waals surface area contributed by atoms with E-state index in [9.17, 15) is 4.79 Å². The van der Waals surface area contributed by atoms with Crippen molar-refractivity contribution in [3.05, 3.63) is 41.8 Å². The van der Waals surface area contributed by atoms with Gasteiger partial charge in [-0.3, -0.25) is 9.69 Å². The summed E-state index contributed by atoms with van der Waals surface area (Å²) < 4.78 is 5.04. The minimum atomic E-state index is -0.165. The average Bonchev–Trinajstić information content (AvgIpc) is 2.81. The Bertz CT molecular complexity index is 1120. The number of likely N-dealkylation sites (N-methyl/N-ethyl adjacent to an activating group) is 1. The fourth-order valence-corrected chi connectivity index (χ4v) is 4.51. The van der Waals surface area contributed by atoms with Crippen molar-refractivity contribution in [2.75, 3.05) is 37.4 Å². The van der Waals surface area contributed by atoms with Crippen LogP contribution >= 0.6 is 11.6 Å². The van der Waals surface area contributed by atoms with Gasteiger partial charge in [-0.1, -0.05) is 17.7 Å². The number of aromatic nitrogens is 4. The van der Waals surface area contributed by atoms with Gasteiger partial charge in [-0.25, -0.2) is 19.9 Å². The molecule has 0 aliphatic heterocycles. The van der Waals surface area contributed by atoms with Crippen LogP contribution in [-0.2, 0) is 9.53 Å². The Morgan fingerprint density at radius 1 is 1.21 bits per heavy atom. The molecule has 1 aromatic carbocycles. The van der Waals surface area contributed by atoms with Gasteiger partial charge in [-0.15, -0.1) is 0 Å². The van der Waals surface area contributed by atoms with E-state index in [1.165, 1.54) is 6.33 Å². The predicted octanol–water partition coefficient (Wildman–Crippen LogP) is 4.28. The fraction of sp³-hybridized carbons (Fsp3) is 0.458. The van der Waals surface area contributed by atoms with Gasteiger partial charge in [0.05, 0.1) is 19.3 Å². The molecule has 2 heterocycles. The molecule has 34 heavy (non-hydrogen) atoms. The summed E-state index contributed by atoms with van der Waals surface area (Å²) in [7, 11) is 1.97. The van der Waals surface area contributed by atoms with E-state index in [1.807, 2.05) is 38.2 Å². The molecule has 3 aromatic rings. The van der Waals surface area contributed by atoms with Crippen molar-refractivity contribution in [2.24, 2.45) is 5.92 Å². The van der Waals surface area contributed by atoms with E-state index >= 15 is 0 Å². The van der Waals surface area contributed by atoms with E-state index in [0.29, 0.717) is 52.9 Å². The lowest BCUT2D eigenvalue weighted by Crippen LogP contribution is -2.35. The van der Waals surface area contributed by atoms with Crippen molar-refractivity contribution in [3.63, 3.8) is 0 Å². The second-order valence-electron chi connectivity index (χ2n) is 8.65. The molecule has 0 radical (unpaired) electrons. The monoisotopic (exact) mass is 483 g/mol. The number of benzene rings is 1. The summed E-state index contributed by atoms with van der Waals surface area (Å²) in [6.45, 7) is 3.48. The minimum absolute atomic E-state index is 0.165. The number of nitrogens with one attached hydrogen (secondary N) is 2. The molecule has 1 aliphatic carbocycles. The Labute approximate surface area is 204 Å². The quantitative estimate of drug-likeness (QED) is 0.431. The molecule has 1 fully saturated rings. The third kappa shape index (κ3) is 6.51. The van der Waals surface area contributed by atoms with Crippen LogP contribution in [0, 0.1) is 5.92 Å². The van der Waals surface area contributed by atoms with Crippen LogP contribution < -0.4 is 10.6 Å². The molecular formula is C24H30ClN7O2. The van der Waals surface area contributed by atoms with Crippen LogP contribution in [0.2, 0.25) is 5.02 Å². The Balaban J connectivity index is 1.35. The van der Waals surface area contributed by atoms with Gasteiger partial charge in [0.1, 0.15) is 17.4 Å². The lowest BCUT2D eigenvalue weighted by molar-refractivity contribution is -0.144. The van der Waals surface area contributed by atoms with Crippen molar-refractivity contribution >= 4 is 46.1 Å². The van der Waals surface area contributed by atoms with Gasteiger partial charge in [-0.05, 0) is 63.8 Å². The second-order valence-corrected chi connectivity index (χ2v) is 9.09. The van der Waals surface area contributed by atoms with Gasteiger partial charge in [0, 0.05) is 23.3 Å². The predicted molar refractivity (Wildman–Crippen MR) is 133 cm³/mol. The third-order valence-corrected chi connectivity index (χ3v) is 6.15. The Hall–Kier alpha value is -3.04. The van der Waals surface area contributed by atoms with Gasteiger partial charge >= 0.3 is 5.97 Å². The first-order chi connectivity index (χ1) is 16.5. The first-order valence-corrected chi connectivity index (χ1v) is 12.0. The first-order valence-electron chi connectivity index (χ1n) is 11.6. The average molecular weight is 484 g/mol. The van der Waals surface area contributed by atoms with E-state index in [-0.39, 0.29) is 5.97 Å². The van der Waals surface area contributed by atoms with E-state index in [1.54, 1.807) is 6.20 Å². The zero-order valence-corrected chi connectivity index (χ0v) is 20.3. The summed E-state index contributed by atoms with van der Waals surface area (Å²) in [6, 6.07) is 7.75. The fourth-order valence-electron chi connectivity index (χ4n) is 4.32. The topological polar surface area (TPSA) is 105 Å². The zero-order valence-electron chi connectivity index (χ0n) is 19.5. The molecule has 1 saturated carbocycles. The number of fused-ring (bicyclic) bond motifs is 1. The molecule has 0 amide bonds. The molecular weight excluding hydrogens is 454 g/mol. The van der Waals surface area contributed by atoms with Crippen LogP contribution in [0.15, 0.2) is 36.8 Å². The molecule has 0 atom stereocenters. The number of anilines is 3. The van der Waals surface area contributed by atoms with Crippen LogP contribution in [0.3, 0.4) is 0 Å². The van der Waals surface area contributed by atoms with Crippen molar-refractivity contribution in [1.82, 2.24) is 24.8 Å². The summed E-state index contributed by atoms with van der Waals surface area (Å²) >= 11 is 6.10. The van der Waals surface area contributed by atoms with Crippen LogP contribution in [-0.4, -0.2) is 63.6 Å². The SMILES string of the molecule is CCOC(=O)CN(C)CC1CCC(Nc2ncc3ncnc(Nc4cccc(Cl)c4)c3n2)CC1. The maximum Gasteiger partial charge on any atom is 0.320 e. The maximum atomic E-state index is 11.7. The first kappa shape index (κ1) is 24.1. The molecule has 180 valence electrons. The lowest BCUT2D eigenvalue weighted by Gasteiger charge is -2.31. The highest BCUT2D eigenvalue weighted by molar-refractivity contribution is 6.30. The number of ether oxygens (including phenoxy) is 1. The van der Waals surface area contributed by atoms with Gasteiger partial charge in [0.25, 0.3) is 0 Å². The van der Waals surface area contributed by atoms with E-state index in [2.05, 4.69) is 30.5 Å². The van der Waals surface area contributed by atoms with E-state index < -0.39 is 0 Å². The highest BCUT2D eigenvalue weighted by Gasteiger charge is 2.23. The van der Waals surface area contributed by atoms with E-state index in [0.717, 1.165) is 37.9 Å². The van der Waals surface area contributed by atoms with Crippen molar-refractivity contribution in [2.45, 2.75) is 38.6 Å². The number of nitrogens with zero attached hydrogens (tertiary/aromatic N) is 5. The Kier molecular flexibility index (Phi) is 8.08. The van der Waals surface area contributed by atoms with Crippen molar-refractivity contribution < 1.29 is 9.53 Å². The molecule has 0 unspecified atom stereocenters. The molecule has 9 nitrogen and oxygen atoms in total. The lowest BCUT2D eigenvalue weighted by atomic mass is 9.86. The molecule has 0 saturated heterocycles. The number of hydrogen-bond donors (Lipinski definition) is 2. The number of carbonyl (C=O) groups excluding carboxylic acids is 1. The van der Waals surface area contributed by atoms with Crippen LogP contribution in [0.25, 0.3) is 11.0 Å². The number of carbonyl (C=O) groups is 1. The highest BCUT2D eigenvalue weighted by Crippen LogP contribution is 2.28. The van der Waals surface area contributed by atoms with Crippen LogP contribution in [0.1, 0.15) is 32.6 Å². The molecule has 1 aliphatic rings. The third-order valence-electron chi connectivity index (χ3n) is 5.92. The summed E-state index contributed by atoms with van der Waals surface area (Å²) in [6.07, 6.45) is 7.43. The molecule has 0 spiro atoms. The summed E-state index contributed by atoms with van der Waals surface area (Å²) in [4.78, 5) is 31.6. The molecule has 2 N–H and O–H groups in total. The Morgan fingerprint density at radius 2 is 2.03 bits per heavy atom. The summed E-state index contributed by atoms with van der Waals surface area (Å²) in [5.74, 6) is 1.57. The highest BCUT2D eigenvalue weighted by atomic mass is 35.5. The standard InChI is InChI=1S/C24H30ClN7O2/c1-3-34-21(33)14-32(2)13-16-7-9-18(10-8-16)30-24-26-12-20-22(31-24)23(28-15-27-20)29-19-6-4-5-17(25)11-19/h4-6,11-12,15-16,18H,3,7-10,13-14H2,1-2H3,(H,26,30,31)(H,27,28,29). The number of hydrogen-bond acceptors (Lipinski definition) is 9. The maximum absolute atomic E-state index is 11.7. The second kappa shape index (κ2) is 11.4.